The molecule has 0 atom stereocenters. The molecule has 1 N–H and O–H groups in total. The smallest absolute Gasteiger partial charge is 0.320 e. The number of hydrogen-bond donors (Lipinski definition) is 1. The van der Waals surface area contributed by atoms with Crippen molar-refractivity contribution in [1.29, 1.82) is 0 Å². The number of rotatable bonds is 3. The molecule has 0 aliphatic carbocycles. The molecule has 2 rings (SSSR count). The standard InChI is InChI=1S/C15H13F5N2O3/c1-13(2)7-10(23)22(12(13)25)9-5-3-4-8(6-9)21-11(24)14(16,17)15(18,19)20/h3-6H,7H2,1-2H3,(H,21,24). The van der Waals surface area contributed by atoms with Gasteiger partial charge in [-0.25, -0.2) is 4.90 Å². The Morgan fingerprint density at radius 1 is 1.16 bits per heavy atom. The van der Waals surface area contributed by atoms with Crippen LogP contribution in [0, 0.1) is 5.41 Å². The number of hydrogen-bond acceptors (Lipinski definition) is 3. The molecule has 1 aromatic rings. The lowest BCUT2D eigenvalue weighted by Crippen LogP contribution is -2.47. The molecule has 1 saturated heterocycles. The summed E-state index contributed by atoms with van der Waals surface area (Å²) in [7, 11) is 0. The Bertz CT molecular complexity index is 743. The normalized spacial score (nSPS) is 17.8. The van der Waals surface area contributed by atoms with Crippen LogP contribution < -0.4 is 10.2 Å². The number of benzene rings is 1. The van der Waals surface area contributed by atoms with Crippen LogP contribution in [-0.2, 0) is 14.4 Å². The van der Waals surface area contributed by atoms with E-state index in [1.807, 2.05) is 0 Å². The Labute approximate surface area is 138 Å². The molecule has 1 aliphatic heterocycles. The summed E-state index contributed by atoms with van der Waals surface area (Å²) in [4.78, 5) is 36.2. The third-order valence-corrected chi connectivity index (χ3v) is 3.63. The van der Waals surface area contributed by atoms with Gasteiger partial charge in [-0.1, -0.05) is 19.9 Å². The summed E-state index contributed by atoms with van der Waals surface area (Å²) in [5.74, 6) is -9.22. The van der Waals surface area contributed by atoms with Gasteiger partial charge in [0.1, 0.15) is 0 Å². The lowest BCUT2D eigenvalue weighted by atomic mass is 9.92. The first kappa shape index (κ1) is 18.8. The number of imide groups is 1. The van der Waals surface area contributed by atoms with Crippen molar-refractivity contribution in [3.63, 3.8) is 0 Å². The maximum absolute atomic E-state index is 13.0. The first-order valence-corrected chi connectivity index (χ1v) is 7.01. The molecule has 1 fully saturated rings. The molecule has 25 heavy (non-hydrogen) atoms. The van der Waals surface area contributed by atoms with E-state index in [1.54, 1.807) is 13.8 Å². The monoisotopic (exact) mass is 364 g/mol. The van der Waals surface area contributed by atoms with Crippen molar-refractivity contribution in [1.82, 2.24) is 0 Å². The van der Waals surface area contributed by atoms with Crippen molar-refractivity contribution < 1.29 is 36.3 Å². The zero-order valence-corrected chi connectivity index (χ0v) is 13.1. The van der Waals surface area contributed by atoms with Crippen molar-refractivity contribution in [2.45, 2.75) is 32.4 Å². The predicted molar refractivity (Wildman–Crippen MR) is 77.0 cm³/mol. The molecule has 1 aliphatic rings. The number of nitrogens with zero attached hydrogens (tertiary/aromatic N) is 1. The van der Waals surface area contributed by atoms with Gasteiger partial charge in [0.2, 0.25) is 11.8 Å². The van der Waals surface area contributed by atoms with Gasteiger partial charge in [0, 0.05) is 12.1 Å². The van der Waals surface area contributed by atoms with Crippen LogP contribution in [0.1, 0.15) is 20.3 Å². The van der Waals surface area contributed by atoms with E-state index in [2.05, 4.69) is 0 Å². The average molecular weight is 364 g/mol. The molecule has 0 spiro atoms. The maximum atomic E-state index is 13.0. The number of alkyl halides is 5. The average Bonchev–Trinajstić information content (AvgIpc) is 2.66. The Kier molecular flexibility index (Phi) is 4.35. The first-order chi connectivity index (χ1) is 11.3. The fourth-order valence-electron chi connectivity index (χ4n) is 2.27. The van der Waals surface area contributed by atoms with E-state index in [1.165, 1.54) is 17.4 Å². The van der Waals surface area contributed by atoms with Crippen molar-refractivity contribution in [3.8, 4) is 0 Å². The fourth-order valence-corrected chi connectivity index (χ4v) is 2.27. The number of nitrogens with one attached hydrogen (secondary N) is 1. The lowest BCUT2D eigenvalue weighted by Gasteiger charge is -2.20. The van der Waals surface area contributed by atoms with Gasteiger partial charge >= 0.3 is 18.0 Å². The van der Waals surface area contributed by atoms with Crippen LogP contribution >= 0.6 is 0 Å². The van der Waals surface area contributed by atoms with E-state index in [0.29, 0.717) is 0 Å². The summed E-state index contributed by atoms with van der Waals surface area (Å²) in [6.07, 6.45) is -6.12. The second-order valence-electron chi connectivity index (χ2n) is 6.17. The highest BCUT2D eigenvalue weighted by Crippen LogP contribution is 2.38. The number of halogens is 5. The first-order valence-electron chi connectivity index (χ1n) is 7.01. The SMILES string of the molecule is CC1(C)CC(=O)N(c2cccc(NC(=O)C(F)(F)C(F)(F)F)c2)C1=O. The van der Waals surface area contributed by atoms with Gasteiger partial charge in [0.25, 0.3) is 0 Å². The number of amides is 3. The molecular formula is C15H13F5N2O3. The second-order valence-corrected chi connectivity index (χ2v) is 6.17. The van der Waals surface area contributed by atoms with E-state index in [-0.39, 0.29) is 12.1 Å². The van der Waals surface area contributed by atoms with E-state index >= 15 is 0 Å². The minimum Gasteiger partial charge on any atom is -0.320 e. The molecule has 5 nitrogen and oxygen atoms in total. The van der Waals surface area contributed by atoms with Crippen molar-refractivity contribution >= 4 is 29.1 Å². The third-order valence-electron chi connectivity index (χ3n) is 3.63. The van der Waals surface area contributed by atoms with E-state index < -0.39 is 40.9 Å². The fraction of sp³-hybridized carbons (Fsp3) is 0.400. The van der Waals surface area contributed by atoms with Crippen LogP contribution in [0.2, 0.25) is 0 Å². The zero-order valence-electron chi connectivity index (χ0n) is 13.1. The summed E-state index contributed by atoms with van der Waals surface area (Å²) in [5, 5.41) is 1.44. The molecule has 0 saturated carbocycles. The zero-order chi connectivity index (χ0) is 19.2. The summed E-state index contributed by atoms with van der Waals surface area (Å²) in [6, 6.07) is 4.54. The van der Waals surface area contributed by atoms with Gasteiger partial charge < -0.3 is 5.32 Å². The Morgan fingerprint density at radius 2 is 1.76 bits per heavy atom. The number of carbonyl (C=O) groups is 3. The molecule has 10 heteroatoms. The minimum absolute atomic E-state index is 0.0336. The third kappa shape index (κ3) is 3.33. The molecule has 1 aromatic carbocycles. The van der Waals surface area contributed by atoms with Crippen LogP contribution in [0.15, 0.2) is 24.3 Å². The molecule has 3 amide bonds. The number of anilines is 2. The van der Waals surface area contributed by atoms with Gasteiger partial charge in [-0.05, 0) is 18.2 Å². The highest BCUT2D eigenvalue weighted by molar-refractivity contribution is 6.22. The van der Waals surface area contributed by atoms with Crippen molar-refractivity contribution in [2.75, 3.05) is 10.2 Å². The van der Waals surface area contributed by atoms with Crippen LogP contribution in [0.3, 0.4) is 0 Å². The molecule has 1 heterocycles. The van der Waals surface area contributed by atoms with Gasteiger partial charge in [0.05, 0.1) is 11.1 Å². The second kappa shape index (κ2) is 5.78. The lowest BCUT2D eigenvalue weighted by molar-refractivity contribution is -0.267. The minimum atomic E-state index is -6.04. The van der Waals surface area contributed by atoms with E-state index in [0.717, 1.165) is 17.0 Å². The van der Waals surface area contributed by atoms with Gasteiger partial charge in [-0.2, -0.15) is 22.0 Å². The molecule has 0 bridgehead atoms. The highest BCUT2D eigenvalue weighted by atomic mass is 19.4. The van der Waals surface area contributed by atoms with Crippen LogP contribution in [-0.4, -0.2) is 29.8 Å². The van der Waals surface area contributed by atoms with Crippen LogP contribution in [0.5, 0.6) is 0 Å². The van der Waals surface area contributed by atoms with Gasteiger partial charge in [0.15, 0.2) is 0 Å². The summed E-state index contributed by atoms with van der Waals surface area (Å²) < 4.78 is 62.5. The maximum Gasteiger partial charge on any atom is 0.463 e. The summed E-state index contributed by atoms with van der Waals surface area (Å²) in [5.41, 5.74) is -1.40. The van der Waals surface area contributed by atoms with E-state index in [9.17, 15) is 36.3 Å². The molecule has 0 radical (unpaired) electrons. The number of carbonyl (C=O) groups excluding carboxylic acids is 3. The summed E-state index contributed by atoms with van der Waals surface area (Å²) >= 11 is 0. The Hall–Kier alpha value is -2.52. The van der Waals surface area contributed by atoms with E-state index in [4.69, 9.17) is 0 Å². The largest absolute Gasteiger partial charge is 0.463 e. The Morgan fingerprint density at radius 3 is 2.24 bits per heavy atom. The van der Waals surface area contributed by atoms with Crippen LogP contribution in [0.25, 0.3) is 0 Å². The molecule has 0 aromatic heterocycles. The molecular weight excluding hydrogens is 351 g/mol. The van der Waals surface area contributed by atoms with Crippen molar-refractivity contribution in [2.24, 2.45) is 5.41 Å². The van der Waals surface area contributed by atoms with Crippen molar-refractivity contribution in [3.05, 3.63) is 24.3 Å². The van der Waals surface area contributed by atoms with Gasteiger partial charge in [-0.15, -0.1) is 0 Å². The molecule has 0 unspecified atom stereocenters. The molecule has 136 valence electrons. The quantitative estimate of drug-likeness (QED) is 0.662. The topological polar surface area (TPSA) is 66.5 Å². The summed E-state index contributed by atoms with van der Waals surface area (Å²) in [6.45, 7) is 3.09. The van der Waals surface area contributed by atoms with Crippen LogP contribution in [0.4, 0.5) is 33.3 Å². The highest BCUT2D eigenvalue weighted by Gasteiger charge is 2.63. The predicted octanol–water partition coefficient (Wildman–Crippen LogP) is 3.11. The van der Waals surface area contributed by atoms with Gasteiger partial charge in [-0.3, -0.25) is 14.4 Å². The Balaban J connectivity index is 2.28.